The lowest BCUT2D eigenvalue weighted by Crippen LogP contribution is -2.38. The Hall–Kier alpha value is -1.63. The summed E-state index contributed by atoms with van der Waals surface area (Å²) in [4.78, 5) is 7.03. The molecule has 3 aromatic rings. The van der Waals surface area contributed by atoms with E-state index >= 15 is 0 Å². The van der Waals surface area contributed by atoms with Crippen molar-refractivity contribution in [3.63, 3.8) is 0 Å². The molecule has 6 nitrogen and oxygen atoms in total. The van der Waals surface area contributed by atoms with Crippen molar-refractivity contribution in [2.45, 2.75) is 13.5 Å². The summed E-state index contributed by atoms with van der Waals surface area (Å²) >= 11 is 0. The molecule has 0 aliphatic carbocycles. The van der Waals surface area contributed by atoms with Crippen LogP contribution >= 0.6 is 12.4 Å². The zero-order chi connectivity index (χ0) is 14.2. The highest BCUT2D eigenvalue weighted by molar-refractivity contribution is 5.85. The molecule has 7 heteroatoms. The van der Waals surface area contributed by atoms with Gasteiger partial charge in [-0.1, -0.05) is 12.1 Å². The molecular formula is C15H20ClN5O. The van der Waals surface area contributed by atoms with Gasteiger partial charge in [0.25, 0.3) is 0 Å². The summed E-state index contributed by atoms with van der Waals surface area (Å²) in [5.74, 6) is 1.75. The highest BCUT2D eigenvalue weighted by Crippen LogP contribution is 2.19. The average Bonchev–Trinajstić information content (AvgIpc) is 3.02. The Morgan fingerprint density at radius 2 is 1.82 bits per heavy atom. The number of hydrogen-bond acceptors (Lipinski definition) is 4. The minimum absolute atomic E-state index is 0. The molecule has 0 bridgehead atoms. The van der Waals surface area contributed by atoms with Gasteiger partial charge in [-0.15, -0.1) is 17.5 Å². The first-order valence-corrected chi connectivity index (χ1v) is 7.43. The van der Waals surface area contributed by atoms with Gasteiger partial charge in [-0.3, -0.25) is 4.90 Å². The Labute approximate surface area is 135 Å². The molecule has 0 amide bonds. The van der Waals surface area contributed by atoms with Crippen LogP contribution in [0.1, 0.15) is 5.82 Å². The van der Waals surface area contributed by atoms with Gasteiger partial charge in [0.05, 0.1) is 24.2 Å². The Kier molecular flexibility index (Phi) is 4.33. The van der Waals surface area contributed by atoms with Gasteiger partial charge in [0.2, 0.25) is 5.78 Å². The fourth-order valence-electron chi connectivity index (χ4n) is 3.01. The average molecular weight is 322 g/mol. The van der Waals surface area contributed by atoms with Crippen molar-refractivity contribution in [1.29, 1.82) is 0 Å². The van der Waals surface area contributed by atoms with Crippen LogP contribution in [-0.4, -0.2) is 56.9 Å². The first-order chi connectivity index (χ1) is 10.3. The molecule has 0 N–H and O–H groups in total. The van der Waals surface area contributed by atoms with Crippen molar-refractivity contribution in [3.8, 4) is 0 Å². The number of halogens is 1. The third kappa shape index (κ3) is 2.58. The second kappa shape index (κ2) is 6.24. The maximum Gasteiger partial charge on any atom is 0.233 e. The molecule has 0 unspecified atom stereocenters. The van der Waals surface area contributed by atoms with E-state index in [-0.39, 0.29) is 12.4 Å². The normalized spacial score (nSPS) is 16.2. The summed E-state index contributed by atoms with van der Waals surface area (Å²) < 4.78 is 9.62. The molecule has 0 radical (unpaired) electrons. The summed E-state index contributed by atoms with van der Waals surface area (Å²) in [5, 5.41) is 4.51. The summed E-state index contributed by atoms with van der Waals surface area (Å²) in [6, 6.07) is 8.35. The van der Waals surface area contributed by atoms with Crippen LogP contribution in [0.15, 0.2) is 24.3 Å². The lowest BCUT2D eigenvalue weighted by Gasteiger charge is -2.26. The smallest absolute Gasteiger partial charge is 0.233 e. The number of rotatable bonds is 3. The quantitative estimate of drug-likeness (QED) is 0.737. The fourth-order valence-corrected chi connectivity index (χ4v) is 3.01. The topological polar surface area (TPSA) is 47.6 Å². The number of aromatic nitrogens is 4. The van der Waals surface area contributed by atoms with Crippen LogP contribution in [0.25, 0.3) is 16.8 Å². The van der Waals surface area contributed by atoms with E-state index in [1.54, 1.807) is 0 Å². The van der Waals surface area contributed by atoms with Crippen LogP contribution in [0.4, 0.5) is 0 Å². The van der Waals surface area contributed by atoms with Crippen LogP contribution in [-0.2, 0) is 11.3 Å². The Morgan fingerprint density at radius 1 is 1.09 bits per heavy atom. The standard InChI is InChI=1S/C15H19N5O.ClH/c1-12-16-15-19(7-6-18-8-10-21-11-9-18)13-4-2-3-5-14(13)20(15)17-12;/h2-5H,6-11H2,1H3;1H. The summed E-state index contributed by atoms with van der Waals surface area (Å²) in [7, 11) is 0. The van der Waals surface area contributed by atoms with Crippen molar-refractivity contribution in [2.75, 3.05) is 32.8 Å². The maximum absolute atomic E-state index is 5.41. The SMILES string of the molecule is Cc1nc2n(CCN3CCOCC3)c3ccccc3n2n1.Cl. The minimum atomic E-state index is 0. The molecular weight excluding hydrogens is 302 g/mol. The first kappa shape index (κ1) is 15.3. The predicted molar refractivity (Wildman–Crippen MR) is 87.7 cm³/mol. The third-order valence-electron chi connectivity index (χ3n) is 4.08. The van der Waals surface area contributed by atoms with Gasteiger partial charge in [0.15, 0.2) is 0 Å². The number of imidazole rings is 1. The number of para-hydroxylation sites is 2. The number of hydrogen-bond donors (Lipinski definition) is 0. The van der Waals surface area contributed by atoms with Crippen LogP contribution in [0.2, 0.25) is 0 Å². The number of fused-ring (bicyclic) bond motifs is 3. The minimum Gasteiger partial charge on any atom is -0.379 e. The highest BCUT2D eigenvalue weighted by Gasteiger charge is 2.15. The Bertz CT molecular complexity index is 775. The molecule has 2 aromatic heterocycles. The summed E-state index contributed by atoms with van der Waals surface area (Å²) in [6.07, 6.45) is 0. The molecule has 118 valence electrons. The van der Waals surface area contributed by atoms with E-state index in [1.807, 2.05) is 17.5 Å². The highest BCUT2D eigenvalue weighted by atomic mass is 35.5. The van der Waals surface area contributed by atoms with Gasteiger partial charge >= 0.3 is 0 Å². The van der Waals surface area contributed by atoms with E-state index in [0.717, 1.165) is 56.5 Å². The zero-order valence-corrected chi connectivity index (χ0v) is 13.4. The molecule has 1 aromatic carbocycles. The zero-order valence-electron chi connectivity index (χ0n) is 12.6. The molecule has 1 fully saturated rings. The van der Waals surface area contributed by atoms with E-state index in [9.17, 15) is 0 Å². The molecule has 3 heterocycles. The van der Waals surface area contributed by atoms with Crippen molar-refractivity contribution in [1.82, 2.24) is 24.1 Å². The van der Waals surface area contributed by atoms with Gasteiger partial charge in [-0.25, -0.2) is 0 Å². The number of morpholine rings is 1. The van der Waals surface area contributed by atoms with Gasteiger partial charge < -0.3 is 9.30 Å². The van der Waals surface area contributed by atoms with Crippen LogP contribution in [0, 0.1) is 6.92 Å². The van der Waals surface area contributed by atoms with E-state index in [4.69, 9.17) is 4.74 Å². The third-order valence-corrected chi connectivity index (χ3v) is 4.08. The lowest BCUT2D eigenvalue weighted by molar-refractivity contribution is 0.0366. The number of aryl methyl sites for hydroxylation is 1. The number of nitrogens with zero attached hydrogens (tertiary/aromatic N) is 5. The van der Waals surface area contributed by atoms with Gasteiger partial charge in [-0.05, 0) is 19.1 Å². The molecule has 1 saturated heterocycles. The monoisotopic (exact) mass is 321 g/mol. The Morgan fingerprint density at radius 3 is 2.59 bits per heavy atom. The maximum atomic E-state index is 5.41. The van der Waals surface area contributed by atoms with E-state index in [1.165, 1.54) is 5.52 Å². The molecule has 0 saturated carbocycles. The van der Waals surface area contributed by atoms with Crippen molar-refractivity contribution in [2.24, 2.45) is 0 Å². The van der Waals surface area contributed by atoms with Gasteiger partial charge in [-0.2, -0.15) is 9.50 Å². The molecule has 1 aliphatic rings. The summed E-state index contributed by atoms with van der Waals surface area (Å²) in [6.45, 7) is 7.59. The van der Waals surface area contributed by atoms with Crippen molar-refractivity contribution >= 4 is 29.2 Å². The second-order valence-corrected chi connectivity index (χ2v) is 5.47. The van der Waals surface area contributed by atoms with E-state index in [0.29, 0.717) is 0 Å². The fraction of sp³-hybridized carbons (Fsp3) is 0.467. The number of benzene rings is 1. The predicted octanol–water partition coefficient (Wildman–Crippen LogP) is 1.75. The first-order valence-electron chi connectivity index (χ1n) is 7.43. The lowest BCUT2D eigenvalue weighted by atomic mass is 10.3. The molecule has 0 spiro atoms. The molecule has 22 heavy (non-hydrogen) atoms. The van der Waals surface area contributed by atoms with Crippen molar-refractivity contribution in [3.05, 3.63) is 30.1 Å². The largest absolute Gasteiger partial charge is 0.379 e. The van der Waals surface area contributed by atoms with E-state index in [2.05, 4.69) is 37.7 Å². The summed E-state index contributed by atoms with van der Waals surface area (Å²) in [5.41, 5.74) is 2.32. The number of ether oxygens (including phenoxy) is 1. The second-order valence-electron chi connectivity index (χ2n) is 5.47. The van der Waals surface area contributed by atoms with Crippen LogP contribution in [0.5, 0.6) is 0 Å². The van der Waals surface area contributed by atoms with Crippen LogP contribution in [0.3, 0.4) is 0 Å². The Balaban J connectivity index is 0.00000144. The van der Waals surface area contributed by atoms with Crippen LogP contribution < -0.4 is 0 Å². The molecule has 0 atom stereocenters. The van der Waals surface area contributed by atoms with Crippen molar-refractivity contribution < 1.29 is 4.74 Å². The van der Waals surface area contributed by atoms with Gasteiger partial charge in [0.1, 0.15) is 5.82 Å². The van der Waals surface area contributed by atoms with E-state index < -0.39 is 0 Å². The van der Waals surface area contributed by atoms with Gasteiger partial charge in [0, 0.05) is 26.2 Å². The molecule has 4 rings (SSSR count). The molecule has 1 aliphatic heterocycles.